The van der Waals surface area contributed by atoms with E-state index in [1.54, 1.807) is 0 Å². The first kappa shape index (κ1) is 6.59. The summed E-state index contributed by atoms with van der Waals surface area (Å²) < 4.78 is 12.3. The predicted octanol–water partition coefficient (Wildman–Crippen LogP) is 1.20. The topological polar surface area (TPSA) is 12.0 Å². The van der Waals surface area contributed by atoms with E-state index in [1.165, 1.54) is 12.8 Å². The van der Waals surface area contributed by atoms with Gasteiger partial charge in [0.25, 0.3) is 0 Å². The van der Waals surface area contributed by atoms with Gasteiger partial charge in [0.1, 0.15) is 0 Å². The number of rotatable bonds is 2. The van der Waals surface area contributed by atoms with Crippen molar-refractivity contribution in [3.63, 3.8) is 0 Å². The molecule has 1 saturated heterocycles. The minimum Gasteiger partial charge on any atom is -0.316 e. The molecule has 2 aliphatic rings. The first-order chi connectivity index (χ1) is 4.92. The molecule has 2 fully saturated rings. The summed E-state index contributed by atoms with van der Waals surface area (Å²) in [5, 5.41) is 3.25. The standard InChI is InChI=1S/C8H14FN/c9-3-7-4-10-5-8(7)6-1-2-6/h6-8,10H,1-5H2/t7-,8-/m0/s1. The van der Waals surface area contributed by atoms with Crippen LogP contribution in [0.5, 0.6) is 0 Å². The van der Waals surface area contributed by atoms with E-state index in [1.807, 2.05) is 0 Å². The van der Waals surface area contributed by atoms with Gasteiger partial charge in [0, 0.05) is 12.5 Å². The first-order valence-corrected chi connectivity index (χ1v) is 4.18. The molecule has 0 radical (unpaired) electrons. The quantitative estimate of drug-likeness (QED) is 0.612. The van der Waals surface area contributed by atoms with Crippen LogP contribution in [0.15, 0.2) is 0 Å². The maximum atomic E-state index is 12.3. The third-order valence-electron chi connectivity index (χ3n) is 2.82. The van der Waals surface area contributed by atoms with Crippen molar-refractivity contribution in [2.75, 3.05) is 19.8 Å². The van der Waals surface area contributed by atoms with Gasteiger partial charge in [-0.2, -0.15) is 0 Å². The van der Waals surface area contributed by atoms with Crippen LogP contribution in [0.4, 0.5) is 4.39 Å². The molecule has 1 aliphatic carbocycles. The second-order valence-corrected chi connectivity index (χ2v) is 3.57. The van der Waals surface area contributed by atoms with E-state index in [0.29, 0.717) is 11.8 Å². The van der Waals surface area contributed by atoms with Crippen LogP contribution in [0, 0.1) is 17.8 Å². The highest BCUT2D eigenvalue weighted by atomic mass is 19.1. The van der Waals surface area contributed by atoms with E-state index < -0.39 is 0 Å². The van der Waals surface area contributed by atoms with Gasteiger partial charge in [0.2, 0.25) is 0 Å². The Labute approximate surface area is 61.0 Å². The minimum absolute atomic E-state index is 0.117. The molecule has 1 saturated carbocycles. The number of hydrogen-bond donors (Lipinski definition) is 1. The molecule has 2 atom stereocenters. The van der Waals surface area contributed by atoms with Gasteiger partial charge in [-0.15, -0.1) is 0 Å². The van der Waals surface area contributed by atoms with Gasteiger partial charge in [-0.3, -0.25) is 4.39 Å². The molecule has 0 aromatic rings. The Morgan fingerprint density at radius 1 is 1.30 bits per heavy atom. The SMILES string of the molecule is FC[C@H]1CNC[C@H]1C1CC1. The van der Waals surface area contributed by atoms with Crippen molar-refractivity contribution in [3.05, 3.63) is 0 Å². The van der Waals surface area contributed by atoms with Gasteiger partial charge < -0.3 is 5.32 Å². The smallest absolute Gasteiger partial charge is 0.0937 e. The fourth-order valence-electron chi connectivity index (χ4n) is 2.00. The van der Waals surface area contributed by atoms with Gasteiger partial charge in [-0.25, -0.2) is 0 Å². The Balaban J connectivity index is 1.91. The molecule has 0 aromatic carbocycles. The van der Waals surface area contributed by atoms with Crippen LogP contribution in [-0.2, 0) is 0 Å². The number of alkyl halides is 1. The summed E-state index contributed by atoms with van der Waals surface area (Å²) in [7, 11) is 0. The summed E-state index contributed by atoms with van der Waals surface area (Å²) in [5.74, 6) is 1.88. The second-order valence-electron chi connectivity index (χ2n) is 3.57. The van der Waals surface area contributed by atoms with Gasteiger partial charge in [0.15, 0.2) is 0 Å². The Morgan fingerprint density at radius 3 is 2.70 bits per heavy atom. The van der Waals surface area contributed by atoms with Crippen LogP contribution in [0.3, 0.4) is 0 Å². The van der Waals surface area contributed by atoms with Crippen molar-refractivity contribution < 1.29 is 4.39 Å². The third kappa shape index (κ3) is 1.05. The normalized spacial score (nSPS) is 40.5. The lowest BCUT2D eigenvalue weighted by Crippen LogP contribution is -2.15. The van der Waals surface area contributed by atoms with Crippen molar-refractivity contribution in [2.45, 2.75) is 12.8 Å². The molecule has 10 heavy (non-hydrogen) atoms. The molecule has 1 nitrogen and oxygen atoms in total. The van der Waals surface area contributed by atoms with Crippen LogP contribution in [0.2, 0.25) is 0 Å². The Hall–Kier alpha value is -0.110. The molecule has 2 rings (SSSR count). The highest BCUT2D eigenvalue weighted by Gasteiger charge is 2.38. The maximum absolute atomic E-state index is 12.3. The van der Waals surface area contributed by atoms with Crippen molar-refractivity contribution >= 4 is 0 Å². The Bertz CT molecular complexity index is 122. The van der Waals surface area contributed by atoms with Crippen LogP contribution in [-0.4, -0.2) is 19.8 Å². The molecule has 0 aromatic heterocycles. The number of halogens is 1. The van der Waals surface area contributed by atoms with Gasteiger partial charge in [-0.1, -0.05) is 0 Å². The molecular formula is C8H14FN. The minimum atomic E-state index is -0.117. The molecule has 0 amide bonds. The zero-order chi connectivity index (χ0) is 6.97. The lowest BCUT2D eigenvalue weighted by molar-refractivity contribution is 0.292. The maximum Gasteiger partial charge on any atom is 0.0937 e. The molecule has 1 N–H and O–H groups in total. The van der Waals surface area contributed by atoms with E-state index in [-0.39, 0.29) is 6.67 Å². The van der Waals surface area contributed by atoms with E-state index in [9.17, 15) is 4.39 Å². The molecule has 0 unspecified atom stereocenters. The number of hydrogen-bond acceptors (Lipinski definition) is 1. The largest absolute Gasteiger partial charge is 0.316 e. The van der Waals surface area contributed by atoms with E-state index in [2.05, 4.69) is 5.32 Å². The van der Waals surface area contributed by atoms with Crippen molar-refractivity contribution in [3.8, 4) is 0 Å². The second kappa shape index (κ2) is 2.50. The van der Waals surface area contributed by atoms with Crippen molar-refractivity contribution in [2.24, 2.45) is 17.8 Å². The van der Waals surface area contributed by atoms with Crippen LogP contribution < -0.4 is 5.32 Å². The van der Waals surface area contributed by atoms with Crippen LogP contribution in [0.25, 0.3) is 0 Å². The van der Waals surface area contributed by atoms with Gasteiger partial charge in [-0.05, 0) is 31.2 Å². The summed E-state index contributed by atoms with van der Waals surface area (Å²) in [4.78, 5) is 0. The molecule has 0 bridgehead atoms. The van der Waals surface area contributed by atoms with Crippen molar-refractivity contribution in [1.29, 1.82) is 0 Å². The third-order valence-corrected chi connectivity index (χ3v) is 2.82. The average Bonchev–Trinajstić information content (AvgIpc) is 2.69. The Morgan fingerprint density at radius 2 is 2.10 bits per heavy atom. The molecule has 1 heterocycles. The Kier molecular flexibility index (Phi) is 1.65. The highest BCUT2D eigenvalue weighted by molar-refractivity contribution is 4.91. The summed E-state index contributed by atoms with van der Waals surface area (Å²) >= 11 is 0. The number of nitrogens with one attached hydrogen (secondary N) is 1. The fraction of sp³-hybridized carbons (Fsp3) is 1.00. The van der Waals surface area contributed by atoms with Crippen LogP contribution >= 0.6 is 0 Å². The summed E-state index contributed by atoms with van der Waals surface area (Å²) in [6, 6.07) is 0. The fourth-order valence-corrected chi connectivity index (χ4v) is 2.00. The molecule has 58 valence electrons. The zero-order valence-electron chi connectivity index (χ0n) is 6.15. The highest BCUT2D eigenvalue weighted by Crippen LogP contribution is 2.41. The molecular weight excluding hydrogens is 129 g/mol. The van der Waals surface area contributed by atoms with E-state index >= 15 is 0 Å². The van der Waals surface area contributed by atoms with E-state index in [4.69, 9.17) is 0 Å². The molecule has 2 heteroatoms. The van der Waals surface area contributed by atoms with Gasteiger partial charge >= 0.3 is 0 Å². The van der Waals surface area contributed by atoms with Crippen LogP contribution in [0.1, 0.15) is 12.8 Å². The van der Waals surface area contributed by atoms with E-state index in [0.717, 1.165) is 19.0 Å². The average molecular weight is 143 g/mol. The zero-order valence-corrected chi connectivity index (χ0v) is 6.15. The van der Waals surface area contributed by atoms with Gasteiger partial charge in [0.05, 0.1) is 6.67 Å². The lowest BCUT2D eigenvalue weighted by atomic mass is 9.93. The first-order valence-electron chi connectivity index (χ1n) is 4.18. The summed E-state index contributed by atoms with van der Waals surface area (Å²) in [6.07, 6.45) is 2.70. The molecule has 1 aliphatic heterocycles. The lowest BCUT2D eigenvalue weighted by Gasteiger charge is -2.12. The summed E-state index contributed by atoms with van der Waals surface area (Å²) in [5.41, 5.74) is 0. The predicted molar refractivity (Wildman–Crippen MR) is 38.5 cm³/mol. The monoisotopic (exact) mass is 143 g/mol. The molecule has 0 spiro atoms. The van der Waals surface area contributed by atoms with Crippen molar-refractivity contribution in [1.82, 2.24) is 5.32 Å². The summed E-state index contributed by atoms with van der Waals surface area (Å²) in [6.45, 7) is 1.87.